The molecule has 0 bridgehead atoms. The van der Waals surface area contributed by atoms with Gasteiger partial charge in [-0.15, -0.1) is 35.3 Å². The van der Waals surface area contributed by atoms with E-state index in [1.807, 2.05) is 49.4 Å². The van der Waals surface area contributed by atoms with Crippen LogP contribution in [0, 0.1) is 0 Å². The van der Waals surface area contributed by atoms with Gasteiger partial charge in [-0.05, 0) is 68.9 Å². The van der Waals surface area contributed by atoms with E-state index in [-0.39, 0.29) is 36.0 Å². The van der Waals surface area contributed by atoms with Gasteiger partial charge in [0.05, 0.1) is 6.04 Å². The van der Waals surface area contributed by atoms with Gasteiger partial charge in [-0.1, -0.05) is 18.2 Å². The van der Waals surface area contributed by atoms with Gasteiger partial charge in [-0.25, -0.2) is 4.79 Å². The third-order valence-corrected chi connectivity index (χ3v) is 6.20. The number of likely N-dealkylation sites (tertiary alicyclic amines) is 1. The number of nitrogens with zero attached hydrogens (tertiary/aromatic N) is 2. The molecule has 1 aromatic carbocycles. The topological polar surface area (TPSA) is 80.8 Å². The predicted molar refractivity (Wildman–Crippen MR) is 145 cm³/mol. The molecule has 32 heavy (non-hydrogen) atoms. The highest BCUT2D eigenvalue weighted by molar-refractivity contribution is 14.0. The molecule has 1 aliphatic rings. The van der Waals surface area contributed by atoms with Crippen LogP contribution in [0.2, 0.25) is 0 Å². The van der Waals surface area contributed by atoms with Crippen LogP contribution in [-0.4, -0.2) is 49.6 Å². The molecule has 7 nitrogen and oxygen atoms in total. The number of thiophene rings is 1. The summed E-state index contributed by atoms with van der Waals surface area (Å²) in [4.78, 5) is 20.1. The summed E-state index contributed by atoms with van der Waals surface area (Å²) < 4.78 is 0. The lowest BCUT2D eigenvalue weighted by atomic mass is 10.2. The molecule has 1 fully saturated rings. The summed E-state index contributed by atoms with van der Waals surface area (Å²) >= 11 is 1.82. The maximum atomic E-state index is 11.8. The first-order valence-electron chi connectivity index (χ1n) is 10.9. The number of anilines is 1. The Morgan fingerprint density at radius 2 is 1.84 bits per heavy atom. The Labute approximate surface area is 212 Å². The SMILES string of the molecule is CN=C(NCc1ccc(NC(=O)NC(C)C)cc1)NCC(c1cccs1)N1CCCC1.I. The molecule has 1 aliphatic heterocycles. The van der Waals surface area contributed by atoms with Crippen molar-refractivity contribution in [2.24, 2.45) is 4.99 Å². The van der Waals surface area contributed by atoms with Gasteiger partial charge < -0.3 is 21.3 Å². The van der Waals surface area contributed by atoms with Crippen LogP contribution in [0.4, 0.5) is 10.5 Å². The fourth-order valence-corrected chi connectivity index (χ4v) is 4.54. The van der Waals surface area contributed by atoms with Gasteiger partial charge in [-0.2, -0.15) is 0 Å². The minimum Gasteiger partial charge on any atom is -0.354 e. The Morgan fingerprint density at radius 3 is 2.44 bits per heavy atom. The molecule has 4 N–H and O–H groups in total. The average Bonchev–Trinajstić information content (AvgIpc) is 3.46. The van der Waals surface area contributed by atoms with Gasteiger partial charge in [-0.3, -0.25) is 9.89 Å². The summed E-state index contributed by atoms with van der Waals surface area (Å²) in [6.45, 7) is 7.67. The Balaban J connectivity index is 0.00000363. The van der Waals surface area contributed by atoms with Gasteiger partial charge in [0.2, 0.25) is 0 Å². The predicted octanol–water partition coefficient (Wildman–Crippen LogP) is 4.40. The number of nitrogens with one attached hydrogen (secondary N) is 4. The zero-order valence-electron chi connectivity index (χ0n) is 19.1. The van der Waals surface area contributed by atoms with Crippen molar-refractivity contribution in [3.63, 3.8) is 0 Å². The molecule has 0 saturated carbocycles. The van der Waals surface area contributed by atoms with Crippen molar-refractivity contribution in [3.05, 3.63) is 52.2 Å². The zero-order valence-corrected chi connectivity index (χ0v) is 22.2. The largest absolute Gasteiger partial charge is 0.354 e. The average molecular weight is 571 g/mol. The molecular weight excluding hydrogens is 535 g/mol. The number of benzene rings is 1. The van der Waals surface area contributed by atoms with Crippen LogP contribution in [0.5, 0.6) is 0 Å². The summed E-state index contributed by atoms with van der Waals surface area (Å²) in [5, 5.41) is 14.7. The molecule has 2 heterocycles. The van der Waals surface area contributed by atoms with E-state index in [4.69, 9.17) is 0 Å². The van der Waals surface area contributed by atoms with Crippen molar-refractivity contribution in [1.82, 2.24) is 20.9 Å². The second-order valence-corrected chi connectivity index (χ2v) is 9.01. The Morgan fingerprint density at radius 1 is 1.12 bits per heavy atom. The summed E-state index contributed by atoms with van der Waals surface area (Å²) in [5.74, 6) is 0.791. The Kier molecular flexibility index (Phi) is 11.3. The molecule has 0 aliphatic carbocycles. The molecular formula is C23H35IN6OS. The zero-order chi connectivity index (χ0) is 22.1. The van der Waals surface area contributed by atoms with Gasteiger partial charge in [0.15, 0.2) is 5.96 Å². The van der Waals surface area contributed by atoms with E-state index in [1.54, 1.807) is 7.05 Å². The second-order valence-electron chi connectivity index (χ2n) is 8.03. The lowest BCUT2D eigenvalue weighted by molar-refractivity contribution is 0.249. The highest BCUT2D eigenvalue weighted by Crippen LogP contribution is 2.27. The number of hydrogen-bond donors (Lipinski definition) is 4. The lowest BCUT2D eigenvalue weighted by Gasteiger charge is -2.27. The summed E-state index contributed by atoms with van der Waals surface area (Å²) in [6, 6.07) is 12.5. The number of amides is 2. The number of rotatable bonds is 8. The molecule has 1 saturated heterocycles. The summed E-state index contributed by atoms with van der Waals surface area (Å²) in [5.41, 5.74) is 1.89. The monoisotopic (exact) mass is 570 g/mol. The Hall–Kier alpha value is -1.85. The molecule has 3 rings (SSSR count). The van der Waals surface area contributed by atoms with Crippen LogP contribution in [-0.2, 0) is 6.54 Å². The first-order chi connectivity index (χ1) is 15.0. The smallest absolute Gasteiger partial charge is 0.319 e. The first-order valence-corrected chi connectivity index (χ1v) is 11.8. The van der Waals surface area contributed by atoms with Crippen molar-refractivity contribution in [2.75, 3.05) is 32.0 Å². The van der Waals surface area contributed by atoms with E-state index >= 15 is 0 Å². The van der Waals surface area contributed by atoms with Gasteiger partial charge in [0.25, 0.3) is 0 Å². The van der Waals surface area contributed by atoms with Crippen LogP contribution in [0.3, 0.4) is 0 Å². The van der Waals surface area contributed by atoms with Crippen molar-refractivity contribution < 1.29 is 4.79 Å². The van der Waals surface area contributed by atoms with E-state index in [0.717, 1.165) is 36.8 Å². The summed E-state index contributed by atoms with van der Waals surface area (Å²) in [7, 11) is 1.80. The minimum atomic E-state index is -0.191. The number of halogens is 1. The molecule has 0 radical (unpaired) electrons. The number of urea groups is 1. The van der Waals surface area contributed by atoms with Gasteiger partial charge in [0, 0.05) is 36.7 Å². The van der Waals surface area contributed by atoms with Gasteiger partial charge >= 0.3 is 6.03 Å². The normalized spacial score (nSPS) is 15.2. The molecule has 0 spiro atoms. The second kappa shape index (κ2) is 13.6. The van der Waals surface area contributed by atoms with Crippen LogP contribution in [0.15, 0.2) is 46.8 Å². The van der Waals surface area contributed by atoms with E-state index in [9.17, 15) is 4.79 Å². The maximum Gasteiger partial charge on any atom is 0.319 e. The van der Waals surface area contributed by atoms with Crippen molar-refractivity contribution in [3.8, 4) is 0 Å². The maximum absolute atomic E-state index is 11.8. The molecule has 176 valence electrons. The molecule has 2 amide bonds. The van der Waals surface area contributed by atoms with E-state index in [2.05, 4.69) is 48.7 Å². The van der Waals surface area contributed by atoms with Crippen molar-refractivity contribution in [2.45, 2.75) is 45.3 Å². The number of aliphatic imine (C=N–C) groups is 1. The molecule has 1 aromatic heterocycles. The van der Waals surface area contributed by atoms with Crippen molar-refractivity contribution in [1.29, 1.82) is 0 Å². The lowest BCUT2D eigenvalue weighted by Crippen LogP contribution is -2.42. The van der Waals surface area contributed by atoms with Crippen molar-refractivity contribution >= 4 is 53.0 Å². The van der Waals surface area contributed by atoms with E-state index < -0.39 is 0 Å². The third-order valence-electron chi connectivity index (χ3n) is 5.23. The van der Waals surface area contributed by atoms with E-state index in [0.29, 0.717) is 12.6 Å². The molecule has 2 aromatic rings. The van der Waals surface area contributed by atoms with Crippen LogP contribution in [0.1, 0.15) is 43.2 Å². The fraction of sp³-hybridized carbons (Fsp3) is 0.478. The van der Waals surface area contributed by atoms with Crippen LogP contribution in [0.25, 0.3) is 0 Å². The first kappa shape index (κ1) is 26.4. The standard InChI is InChI=1S/C23H34N6OS.HI/c1-17(2)27-23(30)28-19-10-8-18(9-11-19)15-25-22(24-3)26-16-20(21-7-6-14-31-21)29-12-4-5-13-29;/h6-11,14,17,20H,4-5,12-13,15-16H2,1-3H3,(H2,24,25,26)(H2,27,28,30);1H. The Bertz CT molecular complexity index is 835. The highest BCUT2D eigenvalue weighted by Gasteiger charge is 2.24. The number of carbonyl (C=O) groups excluding carboxylic acids is 1. The fourth-order valence-electron chi connectivity index (χ4n) is 3.68. The van der Waals surface area contributed by atoms with Gasteiger partial charge in [0.1, 0.15) is 0 Å². The quantitative estimate of drug-likeness (QED) is 0.216. The van der Waals surface area contributed by atoms with Crippen LogP contribution >= 0.6 is 35.3 Å². The number of hydrogen-bond acceptors (Lipinski definition) is 4. The number of carbonyl (C=O) groups is 1. The molecule has 1 unspecified atom stereocenters. The number of guanidine groups is 1. The third kappa shape index (κ3) is 8.25. The molecule has 9 heteroatoms. The molecule has 1 atom stereocenters. The highest BCUT2D eigenvalue weighted by atomic mass is 127. The minimum absolute atomic E-state index is 0. The summed E-state index contributed by atoms with van der Waals surface area (Å²) in [6.07, 6.45) is 2.55. The van der Waals surface area contributed by atoms with Crippen LogP contribution < -0.4 is 21.3 Å². The van der Waals surface area contributed by atoms with E-state index in [1.165, 1.54) is 17.7 Å².